The molecule has 0 amide bonds. The molecule has 4 heteroatoms. The van der Waals surface area contributed by atoms with Gasteiger partial charge < -0.3 is 0 Å². The predicted octanol–water partition coefficient (Wildman–Crippen LogP) is 0.970. The van der Waals surface area contributed by atoms with Crippen molar-refractivity contribution in [2.45, 2.75) is 32.7 Å². The molecule has 1 heterocycles. The van der Waals surface area contributed by atoms with E-state index in [4.69, 9.17) is 0 Å². The molecule has 2 bridgehead atoms. The Balaban J connectivity index is 2.01. The fourth-order valence-electron chi connectivity index (χ4n) is 4.23. The van der Waals surface area contributed by atoms with Crippen LogP contribution in [0.3, 0.4) is 0 Å². The second-order valence-electron chi connectivity index (χ2n) is 5.70. The van der Waals surface area contributed by atoms with E-state index in [9.17, 15) is 8.42 Å². The molecule has 2 aliphatic carbocycles. The SMILES string of the molecule is CC1(C)C2CCC1[C@@H]1CS(=O)(=O)N[C@H]21. The second kappa shape index (κ2) is 2.35. The zero-order chi connectivity index (χ0) is 10.1. The number of sulfonamides is 1. The molecule has 3 nitrogen and oxygen atoms in total. The molecule has 2 unspecified atom stereocenters. The highest BCUT2D eigenvalue weighted by Gasteiger charge is 2.62. The van der Waals surface area contributed by atoms with Gasteiger partial charge in [-0.1, -0.05) is 13.8 Å². The highest BCUT2D eigenvalue weighted by Crippen LogP contribution is 2.61. The Kier molecular flexibility index (Phi) is 1.54. The lowest BCUT2D eigenvalue weighted by Crippen LogP contribution is -2.35. The summed E-state index contributed by atoms with van der Waals surface area (Å²) in [6, 6.07) is 0.258. The van der Waals surface area contributed by atoms with Crippen LogP contribution in [0, 0.1) is 23.2 Å². The van der Waals surface area contributed by atoms with Gasteiger partial charge in [-0.2, -0.15) is 0 Å². The van der Waals surface area contributed by atoms with Crippen LogP contribution in [0.4, 0.5) is 0 Å². The Morgan fingerprint density at radius 2 is 1.86 bits per heavy atom. The third-order valence-corrected chi connectivity index (χ3v) is 6.29. The van der Waals surface area contributed by atoms with E-state index < -0.39 is 10.0 Å². The summed E-state index contributed by atoms with van der Waals surface area (Å²) < 4.78 is 25.8. The van der Waals surface area contributed by atoms with Crippen LogP contribution in [0.1, 0.15) is 26.7 Å². The maximum absolute atomic E-state index is 11.5. The van der Waals surface area contributed by atoms with Crippen LogP contribution in [0.5, 0.6) is 0 Å². The van der Waals surface area contributed by atoms with Crippen molar-refractivity contribution >= 4 is 10.0 Å². The average molecular weight is 215 g/mol. The van der Waals surface area contributed by atoms with Gasteiger partial charge in [-0.05, 0) is 36.0 Å². The average Bonchev–Trinajstić information content (AvgIpc) is 2.54. The monoisotopic (exact) mass is 215 g/mol. The minimum atomic E-state index is -2.93. The van der Waals surface area contributed by atoms with Crippen molar-refractivity contribution in [1.82, 2.24) is 4.72 Å². The normalized spacial score (nSPS) is 52.1. The van der Waals surface area contributed by atoms with Crippen molar-refractivity contribution in [1.29, 1.82) is 0 Å². The van der Waals surface area contributed by atoms with E-state index >= 15 is 0 Å². The molecule has 0 aromatic rings. The number of hydrogen-bond donors (Lipinski definition) is 1. The third-order valence-electron chi connectivity index (χ3n) is 4.84. The van der Waals surface area contributed by atoms with Gasteiger partial charge in [0, 0.05) is 6.04 Å². The lowest BCUT2D eigenvalue weighted by molar-refractivity contribution is 0.240. The molecule has 4 atom stereocenters. The van der Waals surface area contributed by atoms with Crippen LogP contribution in [0.15, 0.2) is 0 Å². The largest absolute Gasteiger partial charge is 0.212 e. The predicted molar refractivity (Wildman–Crippen MR) is 54.2 cm³/mol. The quantitative estimate of drug-likeness (QED) is 0.654. The van der Waals surface area contributed by atoms with Crippen molar-refractivity contribution in [3.05, 3.63) is 0 Å². The lowest BCUT2D eigenvalue weighted by Gasteiger charge is -2.26. The molecular weight excluding hydrogens is 198 g/mol. The lowest BCUT2D eigenvalue weighted by atomic mass is 9.80. The van der Waals surface area contributed by atoms with E-state index in [1.54, 1.807) is 0 Å². The number of hydrogen-bond acceptors (Lipinski definition) is 2. The summed E-state index contributed by atoms with van der Waals surface area (Å²) >= 11 is 0. The zero-order valence-corrected chi connectivity index (χ0v) is 9.47. The topological polar surface area (TPSA) is 46.2 Å². The maximum atomic E-state index is 11.5. The smallest absolute Gasteiger partial charge is 0.212 e. The first-order valence-corrected chi connectivity index (χ1v) is 7.07. The molecular formula is C10H17NO2S. The molecule has 0 radical (unpaired) electrons. The van der Waals surface area contributed by atoms with E-state index in [0.29, 0.717) is 28.9 Å². The molecule has 3 aliphatic rings. The van der Waals surface area contributed by atoms with Gasteiger partial charge in [0.2, 0.25) is 10.0 Å². The second-order valence-corrected chi connectivity index (χ2v) is 7.50. The highest BCUT2D eigenvalue weighted by atomic mass is 32.2. The van der Waals surface area contributed by atoms with E-state index in [1.165, 1.54) is 12.8 Å². The van der Waals surface area contributed by atoms with Crippen molar-refractivity contribution in [3.63, 3.8) is 0 Å². The van der Waals surface area contributed by atoms with Gasteiger partial charge in [-0.15, -0.1) is 0 Å². The van der Waals surface area contributed by atoms with Crippen LogP contribution < -0.4 is 4.72 Å². The molecule has 1 N–H and O–H groups in total. The molecule has 14 heavy (non-hydrogen) atoms. The van der Waals surface area contributed by atoms with E-state index in [1.807, 2.05) is 0 Å². The van der Waals surface area contributed by atoms with Gasteiger partial charge in [0.25, 0.3) is 0 Å². The molecule has 0 aromatic carbocycles. The molecule has 80 valence electrons. The van der Waals surface area contributed by atoms with Gasteiger partial charge in [-0.3, -0.25) is 0 Å². The molecule has 0 aromatic heterocycles. The van der Waals surface area contributed by atoms with Crippen LogP contribution in [-0.4, -0.2) is 20.2 Å². The molecule has 0 spiro atoms. The summed E-state index contributed by atoms with van der Waals surface area (Å²) in [7, 11) is -2.93. The minimum absolute atomic E-state index is 0.258. The van der Waals surface area contributed by atoms with Gasteiger partial charge >= 0.3 is 0 Å². The van der Waals surface area contributed by atoms with Crippen LogP contribution >= 0.6 is 0 Å². The van der Waals surface area contributed by atoms with Gasteiger partial charge in [0.1, 0.15) is 0 Å². The first-order chi connectivity index (χ1) is 6.42. The van der Waals surface area contributed by atoms with Crippen molar-refractivity contribution < 1.29 is 8.42 Å². The van der Waals surface area contributed by atoms with Crippen molar-refractivity contribution in [2.24, 2.45) is 23.2 Å². The summed E-state index contributed by atoms with van der Waals surface area (Å²) in [6.07, 6.45) is 2.44. The molecule has 3 rings (SSSR count). The number of nitrogens with one attached hydrogen (secondary N) is 1. The molecule has 3 fully saturated rings. The summed E-state index contributed by atoms with van der Waals surface area (Å²) in [4.78, 5) is 0. The van der Waals surface area contributed by atoms with Gasteiger partial charge in [0.15, 0.2) is 0 Å². The summed E-state index contributed by atoms with van der Waals surface area (Å²) in [5, 5.41) is 0. The van der Waals surface area contributed by atoms with Crippen molar-refractivity contribution in [3.8, 4) is 0 Å². The fourth-order valence-corrected chi connectivity index (χ4v) is 6.03. The molecule has 1 saturated heterocycles. The zero-order valence-electron chi connectivity index (χ0n) is 8.66. The van der Waals surface area contributed by atoms with Gasteiger partial charge in [-0.25, -0.2) is 13.1 Å². The Morgan fingerprint density at radius 3 is 2.50 bits per heavy atom. The molecule has 1 aliphatic heterocycles. The third kappa shape index (κ3) is 0.936. The minimum Gasteiger partial charge on any atom is -0.212 e. The Bertz CT molecular complexity index is 346. The first-order valence-electron chi connectivity index (χ1n) is 5.42. The maximum Gasteiger partial charge on any atom is 0.212 e. The Hall–Kier alpha value is -0.0900. The summed E-state index contributed by atoms with van der Waals surface area (Å²) in [6.45, 7) is 4.61. The van der Waals surface area contributed by atoms with Crippen LogP contribution in [-0.2, 0) is 10.0 Å². The van der Waals surface area contributed by atoms with Crippen LogP contribution in [0.25, 0.3) is 0 Å². The van der Waals surface area contributed by atoms with E-state index in [0.717, 1.165) is 0 Å². The Labute approximate surface area is 85.3 Å². The fraction of sp³-hybridized carbons (Fsp3) is 1.00. The standard InChI is InChI=1S/C10H17NO2S/c1-10(2)7-3-4-8(10)9-6(7)5-14(12,13)11-9/h6-9,11H,3-5H2,1-2H3/t6-,7?,8?,9-/m0/s1. The van der Waals surface area contributed by atoms with Crippen LogP contribution in [0.2, 0.25) is 0 Å². The van der Waals surface area contributed by atoms with Crippen molar-refractivity contribution in [2.75, 3.05) is 5.75 Å². The summed E-state index contributed by atoms with van der Waals surface area (Å²) in [5.74, 6) is 1.98. The first kappa shape index (κ1) is 9.16. The number of rotatable bonds is 0. The summed E-state index contributed by atoms with van der Waals surface area (Å²) in [5.41, 5.74) is 0.359. The Morgan fingerprint density at radius 1 is 1.21 bits per heavy atom. The molecule has 2 saturated carbocycles. The van der Waals surface area contributed by atoms with E-state index in [2.05, 4.69) is 18.6 Å². The van der Waals surface area contributed by atoms with Gasteiger partial charge in [0.05, 0.1) is 5.75 Å². The number of fused-ring (bicyclic) bond motifs is 5. The van der Waals surface area contributed by atoms with E-state index in [-0.39, 0.29) is 6.04 Å². The highest BCUT2D eigenvalue weighted by molar-refractivity contribution is 7.89.